The highest BCUT2D eigenvalue weighted by Crippen LogP contribution is 2.15. The molecule has 1 aromatic carbocycles. The van der Waals surface area contributed by atoms with Crippen LogP contribution in [0, 0.1) is 0 Å². The molecule has 0 heterocycles. The summed E-state index contributed by atoms with van der Waals surface area (Å²) in [5.74, 6) is 0.841. The molecule has 1 rings (SSSR count). The summed E-state index contributed by atoms with van der Waals surface area (Å²) >= 11 is 0. The van der Waals surface area contributed by atoms with E-state index in [1.165, 1.54) is 0 Å². The highest BCUT2D eigenvalue weighted by Gasteiger charge is 2.06. The first-order valence-electron chi connectivity index (χ1n) is 5.64. The van der Waals surface area contributed by atoms with E-state index < -0.39 is 0 Å². The Hall–Kier alpha value is -1.35. The van der Waals surface area contributed by atoms with Crippen molar-refractivity contribution in [3.63, 3.8) is 0 Å². The van der Waals surface area contributed by atoms with E-state index in [0.717, 1.165) is 12.3 Å². The van der Waals surface area contributed by atoms with Gasteiger partial charge in [0.05, 0.1) is 12.6 Å². The summed E-state index contributed by atoms with van der Waals surface area (Å²) in [4.78, 5) is 11.7. The minimum atomic E-state index is 0.0936. The smallest absolute Gasteiger partial charge is 0.176 e. The Morgan fingerprint density at radius 2 is 2.19 bits per heavy atom. The van der Waals surface area contributed by atoms with Crippen molar-refractivity contribution in [3.05, 3.63) is 29.8 Å². The maximum absolute atomic E-state index is 11.7. The van der Waals surface area contributed by atoms with Crippen LogP contribution in [-0.4, -0.2) is 25.0 Å². The molecule has 0 spiro atoms. The third-order valence-electron chi connectivity index (χ3n) is 2.06. The molecule has 0 aliphatic heterocycles. The molecule has 16 heavy (non-hydrogen) atoms. The van der Waals surface area contributed by atoms with E-state index in [1.807, 2.05) is 39.0 Å². The Labute approximate surface area is 96.8 Å². The van der Waals surface area contributed by atoms with Gasteiger partial charge < -0.3 is 10.1 Å². The third-order valence-corrected chi connectivity index (χ3v) is 2.06. The lowest BCUT2D eigenvalue weighted by atomic mass is 10.1. The molecule has 0 radical (unpaired) electrons. The molecule has 0 amide bonds. The second-order valence-corrected chi connectivity index (χ2v) is 3.90. The summed E-state index contributed by atoms with van der Waals surface area (Å²) < 4.78 is 5.54. The monoisotopic (exact) mass is 221 g/mol. The fourth-order valence-electron chi connectivity index (χ4n) is 1.36. The van der Waals surface area contributed by atoms with Crippen LogP contribution in [0.15, 0.2) is 24.3 Å². The Morgan fingerprint density at radius 3 is 2.81 bits per heavy atom. The molecule has 0 bridgehead atoms. The molecular weight excluding hydrogens is 202 g/mol. The second-order valence-electron chi connectivity index (χ2n) is 3.90. The van der Waals surface area contributed by atoms with Gasteiger partial charge in [0.2, 0.25) is 0 Å². The van der Waals surface area contributed by atoms with E-state index in [2.05, 4.69) is 5.32 Å². The van der Waals surface area contributed by atoms with Gasteiger partial charge in [0, 0.05) is 5.56 Å². The number of hydrogen-bond acceptors (Lipinski definition) is 3. The maximum Gasteiger partial charge on any atom is 0.176 e. The molecular formula is C13H19NO2. The second kappa shape index (κ2) is 6.28. The summed E-state index contributed by atoms with van der Waals surface area (Å²) in [6, 6.07) is 7.31. The Kier molecular flexibility index (Phi) is 4.99. The molecule has 88 valence electrons. The van der Waals surface area contributed by atoms with Crippen LogP contribution in [0.2, 0.25) is 0 Å². The molecule has 0 fully saturated rings. The lowest BCUT2D eigenvalue weighted by Gasteiger charge is -2.10. The van der Waals surface area contributed by atoms with Crippen molar-refractivity contribution in [2.45, 2.75) is 26.9 Å². The first-order chi connectivity index (χ1) is 7.63. The van der Waals surface area contributed by atoms with Crippen molar-refractivity contribution in [3.8, 4) is 5.75 Å². The van der Waals surface area contributed by atoms with Crippen molar-refractivity contribution in [2.24, 2.45) is 0 Å². The van der Waals surface area contributed by atoms with Crippen molar-refractivity contribution >= 4 is 5.78 Å². The Morgan fingerprint density at radius 1 is 1.44 bits per heavy atom. The molecule has 1 aromatic rings. The summed E-state index contributed by atoms with van der Waals surface area (Å²) in [7, 11) is 0. The Bertz CT molecular complexity index is 348. The van der Waals surface area contributed by atoms with Gasteiger partial charge in [0.25, 0.3) is 0 Å². The molecule has 0 aliphatic rings. The Balaban J connectivity index is 2.69. The van der Waals surface area contributed by atoms with E-state index in [0.29, 0.717) is 12.1 Å². The van der Waals surface area contributed by atoms with E-state index in [4.69, 9.17) is 4.74 Å². The average Bonchev–Trinajstić information content (AvgIpc) is 2.25. The number of rotatable bonds is 6. The molecule has 0 saturated heterocycles. The van der Waals surface area contributed by atoms with Gasteiger partial charge in [0.15, 0.2) is 5.78 Å². The van der Waals surface area contributed by atoms with Gasteiger partial charge in [-0.05, 0) is 32.5 Å². The number of benzene rings is 1. The highest BCUT2D eigenvalue weighted by atomic mass is 16.5. The first kappa shape index (κ1) is 12.7. The number of hydrogen-bond donors (Lipinski definition) is 1. The van der Waals surface area contributed by atoms with Gasteiger partial charge >= 0.3 is 0 Å². The quantitative estimate of drug-likeness (QED) is 0.749. The van der Waals surface area contributed by atoms with E-state index in [-0.39, 0.29) is 11.9 Å². The number of Topliss-reactive ketones (excluding diaryl/α,β-unsaturated/α-hetero) is 1. The van der Waals surface area contributed by atoms with Crippen LogP contribution in [0.25, 0.3) is 0 Å². The lowest BCUT2D eigenvalue weighted by Crippen LogP contribution is -2.22. The van der Waals surface area contributed by atoms with Crippen LogP contribution in [0.3, 0.4) is 0 Å². The molecule has 1 N–H and O–H groups in total. The zero-order chi connectivity index (χ0) is 12.0. The average molecular weight is 221 g/mol. The van der Waals surface area contributed by atoms with Crippen molar-refractivity contribution in [1.29, 1.82) is 0 Å². The predicted octanol–water partition coefficient (Wildman–Crippen LogP) is 2.27. The van der Waals surface area contributed by atoms with Gasteiger partial charge in [-0.2, -0.15) is 0 Å². The zero-order valence-electron chi connectivity index (χ0n) is 10.1. The van der Waals surface area contributed by atoms with Crippen molar-refractivity contribution in [1.82, 2.24) is 5.32 Å². The minimum absolute atomic E-state index is 0.0936. The van der Waals surface area contributed by atoms with Gasteiger partial charge in [-0.1, -0.05) is 19.1 Å². The number of likely N-dealkylation sites (N-methyl/N-ethyl adjacent to an activating group) is 1. The molecule has 3 nitrogen and oxygen atoms in total. The van der Waals surface area contributed by atoms with Crippen LogP contribution < -0.4 is 10.1 Å². The number of carbonyl (C=O) groups is 1. The zero-order valence-corrected chi connectivity index (χ0v) is 10.1. The standard InChI is InChI=1S/C13H19NO2/c1-4-14-9-13(15)11-6-5-7-12(8-11)16-10(2)3/h5-8,10,14H,4,9H2,1-3H3. The first-order valence-corrected chi connectivity index (χ1v) is 5.64. The largest absolute Gasteiger partial charge is 0.491 e. The van der Waals surface area contributed by atoms with Crippen molar-refractivity contribution < 1.29 is 9.53 Å². The van der Waals surface area contributed by atoms with Crippen LogP contribution in [0.4, 0.5) is 0 Å². The van der Waals surface area contributed by atoms with E-state index in [9.17, 15) is 4.79 Å². The number of nitrogens with one attached hydrogen (secondary N) is 1. The maximum atomic E-state index is 11.7. The highest BCUT2D eigenvalue weighted by molar-refractivity contribution is 5.97. The fourth-order valence-corrected chi connectivity index (χ4v) is 1.36. The van der Waals surface area contributed by atoms with Gasteiger partial charge in [-0.25, -0.2) is 0 Å². The molecule has 0 saturated carbocycles. The molecule has 3 heteroatoms. The van der Waals surface area contributed by atoms with E-state index >= 15 is 0 Å². The number of ether oxygens (including phenoxy) is 1. The van der Waals surface area contributed by atoms with Crippen LogP contribution in [-0.2, 0) is 0 Å². The fraction of sp³-hybridized carbons (Fsp3) is 0.462. The van der Waals surface area contributed by atoms with Crippen molar-refractivity contribution in [2.75, 3.05) is 13.1 Å². The number of carbonyl (C=O) groups excluding carboxylic acids is 1. The summed E-state index contributed by atoms with van der Waals surface area (Å²) in [5, 5.41) is 3.02. The molecule has 0 atom stereocenters. The molecule has 0 unspecified atom stereocenters. The van der Waals surface area contributed by atoms with Crippen LogP contribution in [0.5, 0.6) is 5.75 Å². The van der Waals surface area contributed by atoms with Gasteiger partial charge in [0.1, 0.15) is 5.75 Å². The van der Waals surface area contributed by atoms with Crippen LogP contribution >= 0.6 is 0 Å². The summed E-state index contributed by atoms with van der Waals surface area (Å²) in [6.07, 6.45) is 0.124. The minimum Gasteiger partial charge on any atom is -0.491 e. The predicted molar refractivity (Wildman–Crippen MR) is 65.1 cm³/mol. The molecule has 0 aromatic heterocycles. The molecule has 0 aliphatic carbocycles. The normalized spacial score (nSPS) is 10.5. The summed E-state index contributed by atoms with van der Waals surface area (Å²) in [5.41, 5.74) is 0.694. The number of ketones is 1. The van der Waals surface area contributed by atoms with Crippen LogP contribution in [0.1, 0.15) is 31.1 Å². The van der Waals surface area contributed by atoms with E-state index in [1.54, 1.807) is 6.07 Å². The van der Waals surface area contributed by atoms with Gasteiger partial charge in [-0.3, -0.25) is 4.79 Å². The lowest BCUT2D eigenvalue weighted by molar-refractivity contribution is 0.0991. The van der Waals surface area contributed by atoms with Gasteiger partial charge in [-0.15, -0.1) is 0 Å². The summed E-state index contributed by atoms with van der Waals surface area (Å²) in [6.45, 7) is 7.08. The SMILES string of the molecule is CCNCC(=O)c1cccc(OC(C)C)c1. The topological polar surface area (TPSA) is 38.3 Å². The third kappa shape index (κ3) is 4.03.